The first kappa shape index (κ1) is 18.5. The van der Waals surface area contributed by atoms with Crippen LogP contribution in [0.2, 0.25) is 5.15 Å². The fraction of sp³-hybridized carbons (Fsp3) is 0.368. The molecule has 1 aromatic carbocycles. The standard InChI is InChI=1S/C19H23ClN4O2/c1-14(19(25)22-17-4-3-9-21-18(17)20)23-10-12-24(13-11-23)15-5-7-16(26-2)8-6-15/h3-9,14H,10-13H2,1-2H3,(H,22,25)/p+1/t14-/m1/s1. The van der Waals surface area contributed by atoms with Gasteiger partial charge in [0.1, 0.15) is 5.75 Å². The van der Waals surface area contributed by atoms with Crippen molar-refractivity contribution in [2.75, 3.05) is 43.5 Å². The van der Waals surface area contributed by atoms with Crippen LogP contribution in [0.3, 0.4) is 0 Å². The molecule has 1 fully saturated rings. The Hall–Kier alpha value is -2.31. The zero-order valence-electron chi connectivity index (χ0n) is 15.0. The lowest BCUT2D eigenvalue weighted by atomic mass is 10.2. The van der Waals surface area contributed by atoms with Gasteiger partial charge in [0.2, 0.25) is 0 Å². The summed E-state index contributed by atoms with van der Waals surface area (Å²) in [6.07, 6.45) is 1.60. The van der Waals surface area contributed by atoms with E-state index in [1.807, 2.05) is 19.1 Å². The number of hydrogen-bond donors (Lipinski definition) is 2. The summed E-state index contributed by atoms with van der Waals surface area (Å²) in [6.45, 7) is 5.58. The van der Waals surface area contributed by atoms with Crippen LogP contribution in [0.25, 0.3) is 0 Å². The molecule has 0 unspecified atom stereocenters. The van der Waals surface area contributed by atoms with Gasteiger partial charge in [-0.2, -0.15) is 0 Å². The first-order valence-corrected chi connectivity index (χ1v) is 9.11. The zero-order valence-corrected chi connectivity index (χ0v) is 15.8. The number of ether oxygens (including phenoxy) is 1. The molecule has 26 heavy (non-hydrogen) atoms. The minimum Gasteiger partial charge on any atom is -0.497 e. The van der Waals surface area contributed by atoms with E-state index in [1.54, 1.807) is 25.4 Å². The zero-order chi connectivity index (χ0) is 18.5. The maximum atomic E-state index is 12.5. The molecule has 7 heteroatoms. The molecule has 0 aliphatic carbocycles. The van der Waals surface area contributed by atoms with Crippen molar-refractivity contribution in [1.82, 2.24) is 4.98 Å². The van der Waals surface area contributed by atoms with E-state index in [0.29, 0.717) is 10.8 Å². The largest absolute Gasteiger partial charge is 0.497 e. The molecule has 1 aliphatic rings. The summed E-state index contributed by atoms with van der Waals surface area (Å²) < 4.78 is 5.21. The number of halogens is 1. The van der Waals surface area contributed by atoms with Crippen LogP contribution in [-0.2, 0) is 4.79 Å². The molecule has 0 radical (unpaired) electrons. The molecule has 1 amide bonds. The third kappa shape index (κ3) is 4.26. The summed E-state index contributed by atoms with van der Waals surface area (Å²) in [5.74, 6) is 0.824. The second kappa shape index (κ2) is 8.38. The maximum Gasteiger partial charge on any atom is 0.282 e. The van der Waals surface area contributed by atoms with Gasteiger partial charge in [-0.05, 0) is 43.3 Å². The van der Waals surface area contributed by atoms with Gasteiger partial charge in [-0.25, -0.2) is 4.98 Å². The van der Waals surface area contributed by atoms with Crippen molar-refractivity contribution in [3.63, 3.8) is 0 Å². The predicted molar refractivity (Wildman–Crippen MR) is 103 cm³/mol. The second-order valence-corrected chi connectivity index (χ2v) is 6.75. The van der Waals surface area contributed by atoms with Gasteiger partial charge in [0, 0.05) is 11.9 Å². The Balaban J connectivity index is 1.55. The van der Waals surface area contributed by atoms with Gasteiger partial charge in [-0.15, -0.1) is 0 Å². The highest BCUT2D eigenvalue weighted by Gasteiger charge is 2.29. The van der Waals surface area contributed by atoms with Gasteiger partial charge in [0.05, 0.1) is 39.0 Å². The monoisotopic (exact) mass is 375 g/mol. The summed E-state index contributed by atoms with van der Waals surface area (Å²) in [7, 11) is 1.67. The quantitative estimate of drug-likeness (QED) is 0.777. The van der Waals surface area contributed by atoms with E-state index in [0.717, 1.165) is 31.9 Å². The SMILES string of the molecule is COc1ccc(N2CC[NH+]([C@H](C)C(=O)Nc3cccnc3Cl)CC2)cc1. The highest BCUT2D eigenvalue weighted by Crippen LogP contribution is 2.19. The topological polar surface area (TPSA) is 58.9 Å². The van der Waals surface area contributed by atoms with Crippen LogP contribution in [0.4, 0.5) is 11.4 Å². The minimum absolute atomic E-state index is 0.0344. The summed E-state index contributed by atoms with van der Waals surface area (Å²) in [4.78, 5) is 20.1. The van der Waals surface area contributed by atoms with E-state index < -0.39 is 0 Å². The number of carbonyl (C=O) groups excluding carboxylic acids is 1. The Morgan fingerprint density at radius 3 is 2.58 bits per heavy atom. The third-order valence-electron chi connectivity index (χ3n) is 4.87. The number of carbonyl (C=O) groups is 1. The Labute approximate surface area is 158 Å². The molecule has 1 aliphatic heterocycles. The Bertz CT molecular complexity index is 745. The summed E-state index contributed by atoms with van der Waals surface area (Å²) >= 11 is 6.02. The number of anilines is 2. The fourth-order valence-corrected chi connectivity index (χ4v) is 3.35. The number of nitrogens with zero attached hydrogens (tertiary/aromatic N) is 2. The number of pyridine rings is 1. The van der Waals surface area contributed by atoms with Crippen LogP contribution in [-0.4, -0.2) is 50.2 Å². The molecule has 3 rings (SSSR count). The van der Waals surface area contributed by atoms with Crippen LogP contribution >= 0.6 is 11.6 Å². The molecule has 0 spiro atoms. The van der Waals surface area contributed by atoms with E-state index >= 15 is 0 Å². The molecule has 138 valence electrons. The smallest absolute Gasteiger partial charge is 0.282 e. The average Bonchev–Trinajstić information content (AvgIpc) is 2.69. The van der Waals surface area contributed by atoms with Crippen molar-refractivity contribution in [2.45, 2.75) is 13.0 Å². The Kier molecular flexibility index (Phi) is 5.96. The number of aromatic nitrogens is 1. The Morgan fingerprint density at radius 1 is 1.27 bits per heavy atom. The lowest BCUT2D eigenvalue weighted by Gasteiger charge is -2.36. The van der Waals surface area contributed by atoms with Crippen molar-refractivity contribution in [1.29, 1.82) is 0 Å². The number of piperazine rings is 1. The number of benzene rings is 1. The molecule has 1 atom stereocenters. The van der Waals surface area contributed by atoms with Crippen LogP contribution in [0.5, 0.6) is 5.75 Å². The van der Waals surface area contributed by atoms with Gasteiger partial charge in [-0.1, -0.05) is 11.6 Å². The van der Waals surface area contributed by atoms with Crippen LogP contribution in [0, 0.1) is 0 Å². The van der Waals surface area contributed by atoms with E-state index in [-0.39, 0.29) is 11.9 Å². The maximum absolute atomic E-state index is 12.5. The molecule has 1 aromatic heterocycles. The van der Waals surface area contributed by atoms with Crippen molar-refractivity contribution in [3.05, 3.63) is 47.7 Å². The third-order valence-corrected chi connectivity index (χ3v) is 5.17. The van der Waals surface area contributed by atoms with Gasteiger partial charge in [0.25, 0.3) is 5.91 Å². The van der Waals surface area contributed by atoms with Crippen molar-refractivity contribution in [3.8, 4) is 5.75 Å². The van der Waals surface area contributed by atoms with Gasteiger partial charge in [-0.3, -0.25) is 4.79 Å². The molecule has 0 bridgehead atoms. The molecule has 1 saturated heterocycles. The number of quaternary nitrogens is 1. The first-order valence-electron chi connectivity index (χ1n) is 8.73. The molecule has 2 heterocycles. The normalized spacial score (nSPS) is 16.2. The molecule has 0 saturated carbocycles. The summed E-state index contributed by atoms with van der Waals surface area (Å²) in [5.41, 5.74) is 1.74. The summed E-state index contributed by atoms with van der Waals surface area (Å²) in [5, 5.41) is 3.19. The van der Waals surface area contributed by atoms with E-state index in [1.165, 1.54) is 10.6 Å². The highest BCUT2D eigenvalue weighted by atomic mass is 35.5. The lowest BCUT2D eigenvalue weighted by molar-refractivity contribution is -0.914. The predicted octanol–water partition coefficient (Wildman–Crippen LogP) is 1.48. The van der Waals surface area contributed by atoms with Crippen LogP contribution in [0.15, 0.2) is 42.6 Å². The number of amides is 1. The van der Waals surface area contributed by atoms with E-state index in [9.17, 15) is 4.79 Å². The fourth-order valence-electron chi connectivity index (χ4n) is 3.18. The highest BCUT2D eigenvalue weighted by molar-refractivity contribution is 6.32. The lowest BCUT2D eigenvalue weighted by Crippen LogP contribution is -3.19. The second-order valence-electron chi connectivity index (χ2n) is 6.40. The number of nitrogens with one attached hydrogen (secondary N) is 2. The van der Waals surface area contributed by atoms with Gasteiger partial charge < -0.3 is 19.9 Å². The number of hydrogen-bond acceptors (Lipinski definition) is 4. The number of methoxy groups -OCH3 is 1. The first-order chi connectivity index (χ1) is 12.6. The van der Waals surface area contributed by atoms with E-state index in [4.69, 9.17) is 16.3 Å². The van der Waals surface area contributed by atoms with Crippen molar-refractivity contribution < 1.29 is 14.4 Å². The van der Waals surface area contributed by atoms with E-state index in [2.05, 4.69) is 27.3 Å². The molecular formula is C19H24ClN4O2+. The molecule has 6 nitrogen and oxygen atoms in total. The Morgan fingerprint density at radius 2 is 1.96 bits per heavy atom. The van der Waals surface area contributed by atoms with Crippen LogP contribution < -0.4 is 19.9 Å². The van der Waals surface area contributed by atoms with Gasteiger partial charge >= 0.3 is 0 Å². The summed E-state index contributed by atoms with van der Waals surface area (Å²) in [6, 6.07) is 11.5. The molecular weight excluding hydrogens is 352 g/mol. The van der Waals surface area contributed by atoms with Crippen molar-refractivity contribution >= 4 is 28.9 Å². The minimum atomic E-state index is -0.149. The molecule has 2 N–H and O–H groups in total. The van der Waals surface area contributed by atoms with Gasteiger partial charge in [0.15, 0.2) is 11.2 Å². The van der Waals surface area contributed by atoms with Crippen molar-refractivity contribution in [2.24, 2.45) is 0 Å². The van der Waals surface area contributed by atoms with Crippen LogP contribution in [0.1, 0.15) is 6.92 Å². The average molecular weight is 376 g/mol. The molecule has 2 aromatic rings. The number of rotatable bonds is 5.